The summed E-state index contributed by atoms with van der Waals surface area (Å²) in [4.78, 5) is 15.9. The lowest BCUT2D eigenvalue weighted by molar-refractivity contribution is 0.0593. The van der Waals surface area contributed by atoms with Gasteiger partial charge in [-0.15, -0.1) is 0 Å². The number of halogens is 1. The molecule has 1 aromatic carbocycles. The summed E-state index contributed by atoms with van der Waals surface area (Å²) in [7, 11) is 1.33. The van der Waals surface area contributed by atoms with Crippen molar-refractivity contribution in [3.05, 3.63) is 76.3 Å². The molecule has 0 aliphatic carbocycles. The van der Waals surface area contributed by atoms with E-state index in [4.69, 9.17) is 16.3 Å². The van der Waals surface area contributed by atoms with Gasteiger partial charge in [0.05, 0.1) is 23.5 Å². The molecule has 2 heterocycles. The summed E-state index contributed by atoms with van der Waals surface area (Å²) < 4.78 is 6.53. The molecule has 0 unspecified atom stereocenters. The molecule has 0 bridgehead atoms. The van der Waals surface area contributed by atoms with Crippen LogP contribution in [0.3, 0.4) is 0 Å². The number of aryl methyl sites for hydroxylation is 1. The molecule has 0 aliphatic rings. The molecule has 3 rings (SSSR count). The molecule has 6 heteroatoms. The van der Waals surface area contributed by atoms with Crippen molar-refractivity contribution in [2.24, 2.45) is 0 Å². The minimum absolute atomic E-state index is 0.266. The zero-order valence-corrected chi connectivity index (χ0v) is 14.1. The van der Waals surface area contributed by atoms with Gasteiger partial charge in [0.2, 0.25) is 0 Å². The second-order valence-corrected chi connectivity index (χ2v) is 5.73. The number of ether oxygens (including phenoxy) is 1. The highest BCUT2D eigenvalue weighted by molar-refractivity contribution is 6.32. The summed E-state index contributed by atoms with van der Waals surface area (Å²) in [6.45, 7) is 1.78. The average molecular weight is 342 g/mol. The molecule has 24 heavy (non-hydrogen) atoms. The van der Waals surface area contributed by atoms with Crippen molar-refractivity contribution in [2.75, 3.05) is 7.11 Å². The molecular formula is C18H16ClN3O2. The molecule has 0 fully saturated rings. The SMILES string of the molecule is COC(=O)c1cc(Cc2ccc(-n3cccn3)cc2)c(Cl)c(C)n1. The Morgan fingerprint density at radius 3 is 2.67 bits per heavy atom. The largest absolute Gasteiger partial charge is 0.464 e. The average Bonchev–Trinajstić information content (AvgIpc) is 3.13. The Labute approximate surface area is 144 Å². The van der Waals surface area contributed by atoms with Crippen LogP contribution in [0.25, 0.3) is 5.69 Å². The Hall–Kier alpha value is -2.66. The van der Waals surface area contributed by atoms with Crippen LogP contribution in [-0.2, 0) is 11.2 Å². The molecule has 2 aromatic heterocycles. The van der Waals surface area contributed by atoms with Crippen molar-refractivity contribution < 1.29 is 9.53 Å². The molecule has 0 atom stereocenters. The lowest BCUT2D eigenvalue weighted by Crippen LogP contribution is -2.07. The van der Waals surface area contributed by atoms with Gasteiger partial charge in [-0.1, -0.05) is 23.7 Å². The number of esters is 1. The van der Waals surface area contributed by atoms with Crippen LogP contribution in [0.1, 0.15) is 27.3 Å². The zero-order chi connectivity index (χ0) is 17.1. The molecule has 0 spiro atoms. The summed E-state index contributed by atoms with van der Waals surface area (Å²) in [6.07, 6.45) is 4.23. The van der Waals surface area contributed by atoms with Gasteiger partial charge in [0.1, 0.15) is 5.69 Å². The molecule has 0 N–H and O–H groups in total. The monoisotopic (exact) mass is 341 g/mol. The van der Waals surface area contributed by atoms with Crippen LogP contribution < -0.4 is 0 Å². The molecule has 3 aromatic rings. The Morgan fingerprint density at radius 1 is 1.29 bits per heavy atom. The van der Waals surface area contributed by atoms with E-state index in [9.17, 15) is 4.79 Å². The first-order valence-electron chi connectivity index (χ1n) is 7.42. The minimum atomic E-state index is -0.468. The first-order chi connectivity index (χ1) is 11.6. The van der Waals surface area contributed by atoms with Gasteiger partial charge in [-0.05, 0) is 48.7 Å². The third-order valence-corrected chi connectivity index (χ3v) is 4.21. The summed E-state index contributed by atoms with van der Waals surface area (Å²) in [6, 6.07) is 11.6. The first-order valence-corrected chi connectivity index (χ1v) is 7.79. The van der Waals surface area contributed by atoms with Gasteiger partial charge in [-0.2, -0.15) is 5.10 Å². The van der Waals surface area contributed by atoms with Gasteiger partial charge >= 0.3 is 5.97 Å². The molecule has 5 nitrogen and oxygen atoms in total. The fourth-order valence-corrected chi connectivity index (χ4v) is 2.63. The van der Waals surface area contributed by atoms with E-state index in [1.165, 1.54) is 7.11 Å². The number of benzene rings is 1. The van der Waals surface area contributed by atoms with E-state index in [0.29, 0.717) is 17.1 Å². The van der Waals surface area contributed by atoms with Gasteiger partial charge in [0.25, 0.3) is 0 Å². The normalized spacial score (nSPS) is 10.6. The standard InChI is InChI=1S/C18H16ClN3O2/c1-12-17(19)14(11-16(21-12)18(23)24-2)10-13-4-6-15(7-5-13)22-9-3-8-20-22/h3-9,11H,10H2,1-2H3. The van der Waals surface area contributed by atoms with Crippen molar-refractivity contribution in [2.45, 2.75) is 13.3 Å². The molecule has 0 saturated carbocycles. The second kappa shape index (κ2) is 6.84. The number of carbonyl (C=O) groups is 1. The molecule has 0 radical (unpaired) electrons. The number of carbonyl (C=O) groups excluding carboxylic acids is 1. The second-order valence-electron chi connectivity index (χ2n) is 5.35. The van der Waals surface area contributed by atoms with Gasteiger partial charge in [0, 0.05) is 12.4 Å². The smallest absolute Gasteiger partial charge is 0.356 e. The lowest BCUT2D eigenvalue weighted by atomic mass is 10.0. The summed E-state index contributed by atoms with van der Waals surface area (Å²) in [5.74, 6) is -0.468. The number of pyridine rings is 1. The van der Waals surface area contributed by atoms with Crippen LogP contribution in [-0.4, -0.2) is 27.8 Å². The van der Waals surface area contributed by atoms with Crippen LogP contribution in [0.15, 0.2) is 48.8 Å². The molecule has 0 amide bonds. The third-order valence-electron chi connectivity index (χ3n) is 3.69. The van der Waals surface area contributed by atoms with E-state index in [0.717, 1.165) is 16.8 Å². The summed E-state index contributed by atoms with van der Waals surface area (Å²) >= 11 is 6.35. The van der Waals surface area contributed by atoms with Crippen molar-refractivity contribution in [3.63, 3.8) is 0 Å². The van der Waals surface area contributed by atoms with E-state index in [1.54, 1.807) is 23.9 Å². The predicted molar refractivity (Wildman–Crippen MR) is 91.7 cm³/mol. The van der Waals surface area contributed by atoms with Crippen molar-refractivity contribution in [3.8, 4) is 5.69 Å². The highest BCUT2D eigenvalue weighted by atomic mass is 35.5. The van der Waals surface area contributed by atoms with E-state index in [2.05, 4.69) is 10.1 Å². The van der Waals surface area contributed by atoms with Crippen LogP contribution in [0.2, 0.25) is 5.02 Å². The number of hydrogen-bond donors (Lipinski definition) is 0. The number of nitrogens with zero attached hydrogens (tertiary/aromatic N) is 3. The third kappa shape index (κ3) is 3.31. The van der Waals surface area contributed by atoms with E-state index >= 15 is 0 Å². The topological polar surface area (TPSA) is 57.0 Å². The maximum atomic E-state index is 11.7. The van der Waals surface area contributed by atoms with E-state index in [1.807, 2.05) is 36.5 Å². The van der Waals surface area contributed by atoms with Gasteiger partial charge in [0.15, 0.2) is 0 Å². The van der Waals surface area contributed by atoms with Crippen LogP contribution in [0, 0.1) is 6.92 Å². The van der Waals surface area contributed by atoms with Crippen molar-refractivity contribution in [1.29, 1.82) is 0 Å². The van der Waals surface area contributed by atoms with Gasteiger partial charge in [-0.3, -0.25) is 0 Å². The maximum Gasteiger partial charge on any atom is 0.356 e. The van der Waals surface area contributed by atoms with E-state index in [-0.39, 0.29) is 5.69 Å². The highest BCUT2D eigenvalue weighted by Gasteiger charge is 2.14. The Kier molecular flexibility index (Phi) is 4.62. The van der Waals surface area contributed by atoms with E-state index < -0.39 is 5.97 Å². The quantitative estimate of drug-likeness (QED) is 0.680. The molecule has 0 aliphatic heterocycles. The minimum Gasteiger partial charge on any atom is -0.464 e. The first kappa shape index (κ1) is 16.2. The zero-order valence-electron chi connectivity index (χ0n) is 13.4. The number of aromatic nitrogens is 3. The van der Waals surface area contributed by atoms with Crippen molar-refractivity contribution in [1.82, 2.24) is 14.8 Å². The van der Waals surface area contributed by atoms with Gasteiger partial charge < -0.3 is 4.74 Å². The van der Waals surface area contributed by atoms with Crippen LogP contribution in [0.4, 0.5) is 0 Å². The maximum absolute atomic E-state index is 11.7. The summed E-state index contributed by atoms with van der Waals surface area (Å²) in [5.41, 5.74) is 3.78. The molecular weight excluding hydrogens is 326 g/mol. The molecule has 122 valence electrons. The lowest BCUT2D eigenvalue weighted by Gasteiger charge is -2.10. The number of methoxy groups -OCH3 is 1. The Bertz CT molecular complexity index is 859. The number of hydrogen-bond acceptors (Lipinski definition) is 4. The Balaban J connectivity index is 1.88. The molecule has 0 saturated heterocycles. The number of rotatable bonds is 4. The van der Waals surface area contributed by atoms with Crippen molar-refractivity contribution >= 4 is 17.6 Å². The Morgan fingerprint density at radius 2 is 2.04 bits per heavy atom. The highest BCUT2D eigenvalue weighted by Crippen LogP contribution is 2.24. The predicted octanol–water partition coefficient (Wildman–Crippen LogP) is 3.61. The fraction of sp³-hybridized carbons (Fsp3) is 0.167. The van der Waals surface area contributed by atoms with Crippen LogP contribution in [0.5, 0.6) is 0 Å². The van der Waals surface area contributed by atoms with Gasteiger partial charge in [-0.25, -0.2) is 14.5 Å². The van der Waals surface area contributed by atoms with Crippen LogP contribution >= 0.6 is 11.6 Å². The summed E-state index contributed by atoms with van der Waals surface area (Å²) in [5, 5.41) is 4.77. The fourth-order valence-electron chi connectivity index (χ4n) is 2.47.